The van der Waals surface area contributed by atoms with Gasteiger partial charge < -0.3 is 15.3 Å². The Morgan fingerprint density at radius 3 is 2.34 bits per heavy atom. The van der Waals surface area contributed by atoms with E-state index in [4.69, 9.17) is 0 Å². The lowest BCUT2D eigenvalue weighted by Gasteiger charge is -2.72. The zero-order valence-corrected chi connectivity index (χ0v) is 33.8. The Balaban J connectivity index is 1.12. The molecule has 0 bridgehead atoms. The maximum atomic E-state index is 14.9. The molecule has 0 spiro atoms. The van der Waals surface area contributed by atoms with Crippen molar-refractivity contribution >= 4 is 27.3 Å². The number of hydrogen-bond acceptors (Lipinski definition) is 5. The number of hydrogen-bond donors (Lipinski definition) is 2. The van der Waals surface area contributed by atoms with Gasteiger partial charge in [0.25, 0.3) is 0 Å². The van der Waals surface area contributed by atoms with E-state index in [1.54, 1.807) is 6.07 Å². The zero-order chi connectivity index (χ0) is 38.4. The van der Waals surface area contributed by atoms with E-state index in [2.05, 4.69) is 64.4 Å². The van der Waals surface area contributed by atoms with Gasteiger partial charge in [-0.3, -0.25) is 4.79 Å². The van der Waals surface area contributed by atoms with Crippen LogP contribution in [0.3, 0.4) is 0 Å². The van der Waals surface area contributed by atoms with Gasteiger partial charge in [0.15, 0.2) is 9.84 Å². The number of nitrogens with zero attached hydrogens (tertiary/aromatic N) is 1. The van der Waals surface area contributed by atoms with E-state index in [0.29, 0.717) is 43.3 Å². The number of fused-ring (bicyclic) bond motifs is 7. The second kappa shape index (κ2) is 13.3. The van der Waals surface area contributed by atoms with Gasteiger partial charge in [0.1, 0.15) is 5.82 Å². The molecule has 0 aromatic heterocycles. The number of allylic oxidation sites excluding steroid dienone is 3. The first-order valence-electron chi connectivity index (χ1n) is 20.4. The van der Waals surface area contributed by atoms with Crippen LogP contribution >= 0.6 is 0 Å². The lowest BCUT2D eigenvalue weighted by atomic mass is 9.32. The number of benzene rings is 1. The third kappa shape index (κ3) is 5.99. The molecule has 1 aromatic rings. The van der Waals surface area contributed by atoms with Gasteiger partial charge in [-0.15, -0.1) is 0 Å². The van der Waals surface area contributed by atoms with Crippen LogP contribution in [0.25, 0.3) is 5.57 Å². The van der Waals surface area contributed by atoms with Gasteiger partial charge in [0.05, 0.1) is 22.5 Å². The molecule has 1 aromatic carbocycles. The molecule has 1 saturated heterocycles. The summed E-state index contributed by atoms with van der Waals surface area (Å²) >= 11 is 0. The number of carboxylic acids is 1. The topological polar surface area (TPSA) is 104 Å². The highest BCUT2D eigenvalue weighted by atomic mass is 32.2. The molecule has 5 fully saturated rings. The molecule has 53 heavy (non-hydrogen) atoms. The van der Waals surface area contributed by atoms with Crippen molar-refractivity contribution in [1.82, 2.24) is 10.2 Å². The van der Waals surface area contributed by atoms with Crippen molar-refractivity contribution in [1.29, 1.82) is 0 Å². The van der Waals surface area contributed by atoms with Crippen LogP contribution in [0.2, 0.25) is 0 Å². The second-order valence-corrected chi connectivity index (χ2v) is 21.8. The van der Waals surface area contributed by atoms with E-state index in [1.165, 1.54) is 17.7 Å². The third-order valence-electron chi connectivity index (χ3n) is 17.0. The van der Waals surface area contributed by atoms with Gasteiger partial charge in [0, 0.05) is 19.6 Å². The summed E-state index contributed by atoms with van der Waals surface area (Å²) in [5.41, 5.74) is 2.56. The molecule has 2 N–H and O–H groups in total. The number of halogens is 1. The average molecular weight is 751 g/mol. The number of rotatable bonds is 8. The summed E-state index contributed by atoms with van der Waals surface area (Å²) in [6.07, 6.45) is 12.5. The molecule has 1 amide bonds. The second-order valence-electron chi connectivity index (χ2n) is 19.5. The van der Waals surface area contributed by atoms with Crippen molar-refractivity contribution in [2.24, 2.45) is 56.7 Å². The van der Waals surface area contributed by atoms with E-state index in [1.807, 2.05) is 0 Å². The van der Waals surface area contributed by atoms with Gasteiger partial charge >= 0.3 is 5.97 Å². The number of amides is 1. The van der Waals surface area contributed by atoms with Crippen molar-refractivity contribution in [3.8, 4) is 0 Å². The first kappa shape index (κ1) is 38.7. The van der Waals surface area contributed by atoms with Gasteiger partial charge in [-0.2, -0.15) is 0 Å². The van der Waals surface area contributed by atoms with Gasteiger partial charge in [-0.1, -0.05) is 58.9 Å². The lowest BCUT2D eigenvalue weighted by molar-refractivity contribution is -0.225. The molecular formula is C44H63FN2O5S. The molecule has 9 heteroatoms. The van der Waals surface area contributed by atoms with Crippen LogP contribution in [0.1, 0.15) is 122 Å². The predicted octanol–water partition coefficient (Wildman–Crippen LogP) is 8.41. The number of aromatic carboxylic acids is 1. The van der Waals surface area contributed by atoms with E-state index in [9.17, 15) is 27.5 Å². The molecular weight excluding hydrogens is 688 g/mol. The molecule has 0 radical (unpaired) electrons. The molecule has 7 rings (SSSR count). The zero-order valence-electron chi connectivity index (χ0n) is 33.0. The Hall–Kier alpha value is -2.52. The molecule has 1 heterocycles. The van der Waals surface area contributed by atoms with E-state index < -0.39 is 21.6 Å². The van der Waals surface area contributed by atoms with Crippen LogP contribution in [0, 0.1) is 62.5 Å². The summed E-state index contributed by atoms with van der Waals surface area (Å²) in [5.74, 6) is 0.780. The first-order valence-corrected chi connectivity index (χ1v) is 22.2. The highest BCUT2D eigenvalue weighted by Crippen LogP contribution is 2.77. The van der Waals surface area contributed by atoms with Gasteiger partial charge in [-0.25, -0.2) is 17.6 Å². The fraction of sp³-hybridized carbons (Fsp3) is 0.727. The Bertz CT molecular complexity index is 1810. The maximum Gasteiger partial charge on any atom is 0.338 e. The van der Waals surface area contributed by atoms with E-state index in [0.717, 1.165) is 81.9 Å². The minimum absolute atomic E-state index is 0.0708. The molecule has 3 unspecified atom stereocenters. The molecule has 4 saturated carbocycles. The smallest absolute Gasteiger partial charge is 0.338 e. The highest BCUT2D eigenvalue weighted by Gasteiger charge is 2.71. The quantitative estimate of drug-likeness (QED) is 0.204. The monoisotopic (exact) mass is 750 g/mol. The van der Waals surface area contributed by atoms with Crippen LogP contribution in [0.5, 0.6) is 0 Å². The Morgan fingerprint density at radius 1 is 0.962 bits per heavy atom. The first-order chi connectivity index (χ1) is 24.8. The van der Waals surface area contributed by atoms with Crippen molar-refractivity contribution < 1.29 is 27.5 Å². The van der Waals surface area contributed by atoms with Crippen molar-refractivity contribution in [2.75, 3.05) is 37.7 Å². The van der Waals surface area contributed by atoms with Gasteiger partial charge in [-0.05, 0) is 152 Å². The summed E-state index contributed by atoms with van der Waals surface area (Å²) < 4.78 is 38.7. The molecule has 7 nitrogen and oxygen atoms in total. The minimum atomic E-state index is -2.90. The third-order valence-corrected chi connectivity index (χ3v) is 18.6. The molecule has 5 aliphatic carbocycles. The standard InChI is InChI=1S/C44H63FN2O5S/c1-28(2)30-13-18-44(39(50)46-21-8-22-47-23-25-53(51,52)26-24-47)20-19-42(6)33(37(30)44)11-12-36-41(5)16-14-32(29-9-10-31(38(48)49)34(45)27-29)40(3,4)35(41)15-17-43(36,42)7/h9-10,14,27,30,33,35-37H,1,8,11-13,15-26H2,2-7H3,(H,46,50)(H,48,49)/t30-,33+,35?,36?,37?,41-,42+,43+,44-/m0/s1. The van der Waals surface area contributed by atoms with Crippen LogP contribution in [-0.4, -0.2) is 68.0 Å². The fourth-order valence-corrected chi connectivity index (χ4v) is 15.4. The van der Waals surface area contributed by atoms with Crippen molar-refractivity contribution in [3.05, 3.63) is 53.4 Å². The highest BCUT2D eigenvalue weighted by molar-refractivity contribution is 7.91. The van der Waals surface area contributed by atoms with Gasteiger partial charge in [0.2, 0.25) is 5.91 Å². The SMILES string of the molecule is C=C(C)[C@@H]1CC[C@]2(C(=O)NCCCN3CCS(=O)(=O)CC3)CC[C@]3(C)[C@H](CCC4[C@@]5(C)CC=C(c6ccc(C(=O)O)c(F)c6)C(C)(C)C5CC[C@]43C)C12. The van der Waals surface area contributed by atoms with Crippen LogP contribution in [-0.2, 0) is 14.6 Å². The number of carbonyl (C=O) groups is 2. The summed E-state index contributed by atoms with van der Waals surface area (Å²) in [4.78, 5) is 28.2. The minimum Gasteiger partial charge on any atom is -0.478 e. The molecule has 1 aliphatic heterocycles. The summed E-state index contributed by atoms with van der Waals surface area (Å²) in [5, 5.41) is 12.8. The average Bonchev–Trinajstić information content (AvgIpc) is 3.48. The molecule has 292 valence electrons. The van der Waals surface area contributed by atoms with Crippen LogP contribution in [0.15, 0.2) is 36.4 Å². The Labute approximate surface area is 317 Å². The van der Waals surface area contributed by atoms with Crippen LogP contribution in [0.4, 0.5) is 4.39 Å². The Kier molecular flexibility index (Phi) is 9.73. The maximum absolute atomic E-state index is 14.9. The summed E-state index contributed by atoms with van der Waals surface area (Å²) in [6, 6.07) is 4.62. The van der Waals surface area contributed by atoms with E-state index in [-0.39, 0.29) is 56.0 Å². The van der Waals surface area contributed by atoms with Crippen molar-refractivity contribution in [2.45, 2.75) is 106 Å². The van der Waals surface area contributed by atoms with Crippen molar-refractivity contribution in [3.63, 3.8) is 0 Å². The predicted molar refractivity (Wildman–Crippen MR) is 208 cm³/mol. The number of sulfone groups is 1. The lowest BCUT2D eigenvalue weighted by Crippen LogP contribution is -2.66. The number of carboxylic acid groups (broad SMARTS) is 1. The van der Waals surface area contributed by atoms with Crippen LogP contribution < -0.4 is 5.32 Å². The Morgan fingerprint density at radius 2 is 1.68 bits per heavy atom. The summed E-state index contributed by atoms with van der Waals surface area (Å²) in [6.45, 7) is 21.6. The number of nitrogens with one attached hydrogen (secondary N) is 1. The molecule has 9 atom stereocenters. The largest absolute Gasteiger partial charge is 0.478 e. The fourth-order valence-electron chi connectivity index (χ4n) is 14.1. The van der Waals surface area contributed by atoms with E-state index >= 15 is 0 Å². The summed E-state index contributed by atoms with van der Waals surface area (Å²) in [7, 11) is -2.90. The molecule has 6 aliphatic rings. The number of carbonyl (C=O) groups excluding carboxylic acids is 1. The normalized spacial score (nSPS) is 40.1.